The first-order valence-electron chi connectivity index (χ1n) is 4.22. The summed E-state index contributed by atoms with van der Waals surface area (Å²) in [5.74, 6) is -0.700. The first kappa shape index (κ1) is 14.5. The van der Waals surface area contributed by atoms with Gasteiger partial charge in [-0.1, -0.05) is 23.2 Å². The summed E-state index contributed by atoms with van der Waals surface area (Å²) in [4.78, 5) is 6.99. The van der Waals surface area contributed by atoms with Crippen molar-refractivity contribution >= 4 is 45.8 Å². The van der Waals surface area contributed by atoms with Crippen molar-refractivity contribution < 1.29 is 8.78 Å². The lowest BCUT2D eigenvalue weighted by Crippen LogP contribution is -1.82. The Morgan fingerprint density at radius 3 is 2.06 bits per heavy atom. The van der Waals surface area contributed by atoms with Crippen LogP contribution >= 0.6 is 45.8 Å². The molecule has 0 amide bonds. The van der Waals surface area contributed by atoms with E-state index in [0.717, 1.165) is 12.4 Å². The third-order valence-corrected chi connectivity index (χ3v) is 2.72. The molecule has 90 valence electrons. The Morgan fingerprint density at radius 2 is 1.65 bits per heavy atom. The summed E-state index contributed by atoms with van der Waals surface area (Å²) in [5.41, 5.74) is 0. The van der Waals surface area contributed by atoms with E-state index in [2.05, 4.69) is 9.97 Å². The number of pyridine rings is 2. The van der Waals surface area contributed by atoms with Gasteiger partial charge < -0.3 is 0 Å². The molecule has 0 N–H and O–H groups in total. The first-order valence-corrected chi connectivity index (χ1v) is 6.06. The predicted molar refractivity (Wildman–Crippen MR) is 71.1 cm³/mol. The maximum absolute atomic E-state index is 12.4. The van der Waals surface area contributed by atoms with Crippen LogP contribution in [-0.2, 0) is 0 Å². The molecule has 0 aliphatic carbocycles. The molecule has 2 nitrogen and oxygen atoms in total. The Labute approximate surface area is 120 Å². The Kier molecular flexibility index (Phi) is 6.01. The van der Waals surface area contributed by atoms with Crippen molar-refractivity contribution in [2.45, 2.75) is 0 Å². The number of nitrogens with zero attached hydrogens (tertiary/aromatic N) is 2. The molecule has 0 saturated carbocycles. The molecule has 0 fully saturated rings. The summed E-state index contributed by atoms with van der Waals surface area (Å²) < 4.78 is 24.8. The minimum absolute atomic E-state index is 0.311. The summed E-state index contributed by atoms with van der Waals surface area (Å²) >= 11 is 12.6. The van der Waals surface area contributed by atoms with Gasteiger partial charge in [0.25, 0.3) is 0 Å². The van der Waals surface area contributed by atoms with E-state index in [4.69, 9.17) is 23.2 Å². The van der Waals surface area contributed by atoms with E-state index < -0.39 is 0 Å². The number of hydrogen-bond acceptors (Lipinski definition) is 2. The minimum Gasteiger partial charge on any atom is -0.242 e. The van der Waals surface area contributed by atoms with Gasteiger partial charge in [0, 0.05) is 0 Å². The van der Waals surface area contributed by atoms with E-state index in [1.807, 2.05) is 22.6 Å². The lowest BCUT2D eigenvalue weighted by Gasteiger charge is -1.91. The van der Waals surface area contributed by atoms with Crippen LogP contribution in [0.2, 0.25) is 10.3 Å². The zero-order valence-corrected chi connectivity index (χ0v) is 11.8. The molecule has 2 rings (SSSR count). The van der Waals surface area contributed by atoms with Gasteiger partial charge in [0.1, 0.15) is 16.1 Å². The largest absolute Gasteiger partial charge is 0.242 e. The summed E-state index contributed by atoms with van der Waals surface area (Å²) in [6, 6.07) is 4.13. The highest BCUT2D eigenvalue weighted by atomic mass is 127. The Hall–Kier alpha value is -0.530. The molecule has 2 heterocycles. The molecule has 0 aliphatic rings. The second-order valence-corrected chi connectivity index (χ2v) is 4.66. The van der Waals surface area contributed by atoms with Crippen molar-refractivity contribution in [3.63, 3.8) is 0 Å². The quantitative estimate of drug-likeness (QED) is 0.495. The lowest BCUT2D eigenvalue weighted by atomic mass is 10.5. The third-order valence-electron chi connectivity index (χ3n) is 1.47. The molecule has 0 spiro atoms. The summed E-state index contributed by atoms with van der Waals surface area (Å²) in [5, 5.41) is 0.632. The molecule has 2 aromatic heterocycles. The van der Waals surface area contributed by atoms with Gasteiger partial charge in [-0.25, -0.2) is 18.7 Å². The molecule has 0 bridgehead atoms. The lowest BCUT2D eigenvalue weighted by molar-refractivity contribution is 0.614. The number of aromatic nitrogens is 2. The average molecular weight is 389 g/mol. The number of halogens is 5. The van der Waals surface area contributed by atoms with Gasteiger partial charge in [0.05, 0.1) is 16.0 Å². The SMILES string of the molecule is Fc1ccc(Cl)nc1.Fc1cnc(Cl)cc1I. The van der Waals surface area contributed by atoms with Crippen LogP contribution in [0.15, 0.2) is 30.6 Å². The second-order valence-electron chi connectivity index (χ2n) is 2.72. The van der Waals surface area contributed by atoms with Crippen molar-refractivity contribution in [3.05, 3.63) is 56.1 Å². The molecule has 0 aliphatic heterocycles. The average Bonchev–Trinajstić information content (AvgIpc) is 2.29. The van der Waals surface area contributed by atoms with Crippen molar-refractivity contribution in [2.75, 3.05) is 0 Å². The first-order chi connectivity index (χ1) is 7.99. The molecule has 0 saturated heterocycles. The molecule has 17 heavy (non-hydrogen) atoms. The Bertz CT molecular complexity index is 473. The van der Waals surface area contributed by atoms with E-state index in [1.165, 1.54) is 18.2 Å². The zero-order valence-electron chi connectivity index (χ0n) is 8.17. The van der Waals surface area contributed by atoms with Crippen LogP contribution in [-0.4, -0.2) is 9.97 Å². The molecular formula is C10H5Cl2F2IN2. The van der Waals surface area contributed by atoms with Crippen LogP contribution in [0, 0.1) is 15.2 Å². The molecule has 0 aromatic carbocycles. The van der Waals surface area contributed by atoms with Crippen molar-refractivity contribution in [1.82, 2.24) is 9.97 Å². The Balaban J connectivity index is 0.000000171. The van der Waals surface area contributed by atoms with Gasteiger partial charge in [0.2, 0.25) is 0 Å². The highest BCUT2D eigenvalue weighted by Gasteiger charge is 1.97. The number of rotatable bonds is 0. The molecular weight excluding hydrogens is 384 g/mol. The molecule has 0 atom stereocenters. The van der Waals surface area contributed by atoms with Gasteiger partial charge in [-0.2, -0.15) is 0 Å². The smallest absolute Gasteiger partial charge is 0.154 e. The minimum atomic E-state index is -0.366. The Morgan fingerprint density at radius 1 is 1.00 bits per heavy atom. The topological polar surface area (TPSA) is 25.8 Å². The van der Waals surface area contributed by atoms with Gasteiger partial charge in [-0.05, 0) is 40.8 Å². The van der Waals surface area contributed by atoms with E-state index in [1.54, 1.807) is 0 Å². The molecule has 0 radical (unpaired) electrons. The zero-order chi connectivity index (χ0) is 12.8. The van der Waals surface area contributed by atoms with Crippen LogP contribution in [0.1, 0.15) is 0 Å². The monoisotopic (exact) mass is 388 g/mol. The summed E-state index contributed by atoms with van der Waals surface area (Å²) in [6.07, 6.45) is 2.17. The van der Waals surface area contributed by atoms with Crippen LogP contribution in [0.3, 0.4) is 0 Å². The fourth-order valence-corrected chi connectivity index (χ4v) is 1.64. The van der Waals surface area contributed by atoms with E-state index >= 15 is 0 Å². The standard InChI is InChI=1S/C5H2ClFIN.C5H3ClFN/c6-5-1-4(8)3(7)2-9-5;6-5-2-1-4(7)3-8-5/h1-2H;1-3H. The summed E-state index contributed by atoms with van der Waals surface area (Å²) in [6.45, 7) is 0. The van der Waals surface area contributed by atoms with Crippen LogP contribution in [0.5, 0.6) is 0 Å². The predicted octanol–water partition coefficient (Wildman–Crippen LogP) is 4.35. The highest BCUT2D eigenvalue weighted by Crippen LogP contribution is 2.12. The van der Waals surface area contributed by atoms with Gasteiger partial charge in [-0.15, -0.1) is 0 Å². The highest BCUT2D eigenvalue weighted by molar-refractivity contribution is 14.1. The molecule has 0 unspecified atom stereocenters. The van der Waals surface area contributed by atoms with E-state index in [0.29, 0.717) is 13.9 Å². The van der Waals surface area contributed by atoms with Crippen molar-refractivity contribution in [2.24, 2.45) is 0 Å². The summed E-state index contributed by atoms with van der Waals surface area (Å²) in [7, 11) is 0. The van der Waals surface area contributed by atoms with Crippen molar-refractivity contribution in [3.8, 4) is 0 Å². The van der Waals surface area contributed by atoms with Crippen LogP contribution in [0.4, 0.5) is 8.78 Å². The normalized spacial score (nSPS) is 9.47. The maximum atomic E-state index is 12.4. The fraction of sp³-hybridized carbons (Fsp3) is 0. The number of hydrogen-bond donors (Lipinski definition) is 0. The fourth-order valence-electron chi connectivity index (χ4n) is 0.749. The van der Waals surface area contributed by atoms with Crippen LogP contribution in [0.25, 0.3) is 0 Å². The van der Waals surface area contributed by atoms with Gasteiger partial charge in [-0.3, -0.25) is 0 Å². The molecule has 2 aromatic rings. The van der Waals surface area contributed by atoms with Gasteiger partial charge >= 0.3 is 0 Å². The second kappa shape index (κ2) is 7.03. The van der Waals surface area contributed by atoms with E-state index in [-0.39, 0.29) is 11.6 Å². The van der Waals surface area contributed by atoms with Gasteiger partial charge in [0.15, 0.2) is 5.82 Å². The van der Waals surface area contributed by atoms with E-state index in [9.17, 15) is 8.78 Å². The maximum Gasteiger partial charge on any atom is 0.154 e. The molecule has 7 heteroatoms. The van der Waals surface area contributed by atoms with Crippen LogP contribution < -0.4 is 0 Å². The third kappa shape index (κ3) is 5.56. The van der Waals surface area contributed by atoms with Crippen molar-refractivity contribution in [1.29, 1.82) is 0 Å².